The van der Waals surface area contributed by atoms with E-state index >= 15 is 0 Å². The van der Waals surface area contributed by atoms with Crippen molar-refractivity contribution in [2.24, 2.45) is 11.3 Å². The molecule has 0 bridgehead atoms. The van der Waals surface area contributed by atoms with E-state index in [2.05, 4.69) is 20.8 Å². The molecule has 2 heteroatoms. The molecule has 0 aromatic rings. The first-order valence-corrected chi connectivity index (χ1v) is 4.17. The van der Waals surface area contributed by atoms with Crippen molar-refractivity contribution < 1.29 is 9.53 Å². The summed E-state index contributed by atoms with van der Waals surface area (Å²) >= 11 is 0. The molecule has 0 spiro atoms. The number of esters is 1. The van der Waals surface area contributed by atoms with E-state index in [4.69, 9.17) is 4.74 Å². The van der Waals surface area contributed by atoms with E-state index in [1.54, 1.807) is 0 Å². The molecular weight excluding hydrogens is 140 g/mol. The Morgan fingerprint density at radius 3 is 2.18 bits per heavy atom. The van der Waals surface area contributed by atoms with Gasteiger partial charge in [0.15, 0.2) is 0 Å². The molecule has 0 saturated carbocycles. The topological polar surface area (TPSA) is 26.3 Å². The van der Waals surface area contributed by atoms with E-state index in [9.17, 15) is 4.79 Å². The van der Waals surface area contributed by atoms with Crippen molar-refractivity contribution >= 4 is 5.97 Å². The van der Waals surface area contributed by atoms with Crippen LogP contribution in [0.5, 0.6) is 0 Å². The van der Waals surface area contributed by atoms with Gasteiger partial charge in [0.05, 0.1) is 5.92 Å². The van der Waals surface area contributed by atoms with E-state index in [1.165, 1.54) is 0 Å². The molecule has 0 aromatic carbocycles. The maximum Gasteiger partial charge on any atom is 0.313 e. The third-order valence-electron chi connectivity index (χ3n) is 2.20. The first-order chi connectivity index (χ1) is 4.96. The Labute approximate surface area is 67.9 Å². The predicted octanol–water partition coefficient (Wildman–Crippen LogP) is 1.98. The number of hydrogen-bond acceptors (Lipinski definition) is 2. The minimum absolute atomic E-state index is 0.0209. The van der Waals surface area contributed by atoms with Gasteiger partial charge in [-0.25, -0.2) is 0 Å². The van der Waals surface area contributed by atoms with Gasteiger partial charge in [-0.3, -0.25) is 4.79 Å². The highest BCUT2D eigenvalue weighted by Crippen LogP contribution is 2.37. The summed E-state index contributed by atoms with van der Waals surface area (Å²) in [7, 11) is 0. The fourth-order valence-corrected chi connectivity index (χ4v) is 1.51. The number of rotatable bonds is 1. The van der Waals surface area contributed by atoms with Crippen molar-refractivity contribution in [1.82, 2.24) is 0 Å². The summed E-state index contributed by atoms with van der Waals surface area (Å²) in [5.74, 6) is 0.127. The van der Waals surface area contributed by atoms with Crippen LogP contribution in [0.2, 0.25) is 0 Å². The van der Waals surface area contributed by atoms with E-state index in [1.807, 2.05) is 6.92 Å². The van der Waals surface area contributed by atoms with Crippen molar-refractivity contribution in [3.8, 4) is 0 Å². The highest BCUT2D eigenvalue weighted by Gasteiger charge is 2.47. The van der Waals surface area contributed by atoms with Crippen LogP contribution < -0.4 is 0 Å². The maximum atomic E-state index is 10.9. The fourth-order valence-electron chi connectivity index (χ4n) is 1.51. The lowest BCUT2D eigenvalue weighted by molar-refractivity contribution is -0.198. The Kier molecular flexibility index (Phi) is 1.95. The van der Waals surface area contributed by atoms with Crippen LogP contribution in [0, 0.1) is 11.3 Å². The predicted molar refractivity (Wildman–Crippen MR) is 43.1 cm³/mol. The zero-order chi connectivity index (χ0) is 8.65. The zero-order valence-corrected chi connectivity index (χ0v) is 7.68. The number of carbonyl (C=O) groups excluding carboxylic acids is 1. The Morgan fingerprint density at radius 1 is 1.45 bits per heavy atom. The summed E-state index contributed by atoms with van der Waals surface area (Å²) in [4.78, 5) is 10.9. The number of ether oxygens (including phenoxy) is 1. The lowest BCUT2D eigenvalue weighted by Crippen LogP contribution is -2.51. The molecular formula is C9H16O2. The van der Waals surface area contributed by atoms with Gasteiger partial charge in [-0.15, -0.1) is 0 Å². The normalized spacial score (nSPS) is 31.1. The van der Waals surface area contributed by atoms with E-state index in [0.29, 0.717) is 0 Å². The van der Waals surface area contributed by atoms with E-state index < -0.39 is 0 Å². The Balaban J connectivity index is 2.58. The van der Waals surface area contributed by atoms with Gasteiger partial charge in [0.1, 0.15) is 6.10 Å². The lowest BCUT2D eigenvalue weighted by atomic mass is 9.77. The molecule has 2 atom stereocenters. The van der Waals surface area contributed by atoms with Crippen LogP contribution in [0.1, 0.15) is 34.1 Å². The minimum Gasteiger partial charge on any atom is -0.461 e. The minimum atomic E-state index is -0.0209. The fraction of sp³-hybridized carbons (Fsp3) is 0.889. The van der Waals surface area contributed by atoms with Crippen LogP contribution in [0.25, 0.3) is 0 Å². The van der Waals surface area contributed by atoms with Gasteiger partial charge in [-0.1, -0.05) is 27.7 Å². The molecule has 0 aromatic heterocycles. The smallest absolute Gasteiger partial charge is 0.313 e. The molecule has 1 heterocycles. The molecule has 0 aliphatic carbocycles. The SMILES string of the molecule is CC[C@H]1C(=O)O[C@H]1C(C)(C)C. The van der Waals surface area contributed by atoms with Crippen LogP contribution >= 0.6 is 0 Å². The summed E-state index contributed by atoms with van der Waals surface area (Å²) in [6.45, 7) is 8.34. The van der Waals surface area contributed by atoms with Gasteiger partial charge in [0, 0.05) is 0 Å². The zero-order valence-electron chi connectivity index (χ0n) is 7.68. The summed E-state index contributed by atoms with van der Waals surface area (Å²) in [6.07, 6.45) is 1.04. The Morgan fingerprint density at radius 2 is 2.00 bits per heavy atom. The van der Waals surface area contributed by atoms with E-state index in [0.717, 1.165) is 6.42 Å². The van der Waals surface area contributed by atoms with Crippen molar-refractivity contribution in [2.75, 3.05) is 0 Å². The molecule has 1 fully saturated rings. The molecule has 11 heavy (non-hydrogen) atoms. The maximum absolute atomic E-state index is 10.9. The highest BCUT2D eigenvalue weighted by atomic mass is 16.6. The van der Waals surface area contributed by atoms with Crippen LogP contribution in [-0.4, -0.2) is 12.1 Å². The molecule has 0 radical (unpaired) electrons. The summed E-state index contributed by atoms with van der Waals surface area (Å²) in [6, 6.07) is 0. The van der Waals surface area contributed by atoms with Gasteiger partial charge in [0.25, 0.3) is 0 Å². The first-order valence-electron chi connectivity index (χ1n) is 4.17. The van der Waals surface area contributed by atoms with Gasteiger partial charge in [0.2, 0.25) is 0 Å². The van der Waals surface area contributed by atoms with Crippen molar-refractivity contribution in [3.63, 3.8) is 0 Å². The van der Waals surface area contributed by atoms with Gasteiger partial charge in [-0.05, 0) is 11.8 Å². The average molecular weight is 156 g/mol. The second-order valence-corrected chi connectivity index (χ2v) is 4.24. The van der Waals surface area contributed by atoms with E-state index in [-0.39, 0.29) is 23.4 Å². The first kappa shape index (κ1) is 8.57. The molecule has 0 unspecified atom stereocenters. The average Bonchev–Trinajstić information content (AvgIpc) is 1.81. The van der Waals surface area contributed by atoms with Gasteiger partial charge in [-0.2, -0.15) is 0 Å². The van der Waals surface area contributed by atoms with Crippen molar-refractivity contribution in [1.29, 1.82) is 0 Å². The van der Waals surface area contributed by atoms with Gasteiger partial charge >= 0.3 is 5.97 Å². The monoisotopic (exact) mass is 156 g/mol. The van der Waals surface area contributed by atoms with Crippen molar-refractivity contribution in [3.05, 3.63) is 0 Å². The molecule has 1 aliphatic heterocycles. The van der Waals surface area contributed by atoms with Gasteiger partial charge < -0.3 is 4.74 Å². The molecule has 64 valence electrons. The highest BCUT2D eigenvalue weighted by molar-refractivity contribution is 5.78. The molecule has 1 aliphatic rings. The largest absolute Gasteiger partial charge is 0.461 e. The Hall–Kier alpha value is -0.530. The third-order valence-corrected chi connectivity index (χ3v) is 2.20. The van der Waals surface area contributed by atoms with Crippen LogP contribution in [-0.2, 0) is 9.53 Å². The number of hydrogen-bond donors (Lipinski definition) is 0. The number of carbonyl (C=O) groups is 1. The van der Waals surface area contributed by atoms with Crippen LogP contribution in [0.3, 0.4) is 0 Å². The summed E-state index contributed by atoms with van der Waals surface area (Å²) in [5.41, 5.74) is 0.106. The van der Waals surface area contributed by atoms with Crippen molar-refractivity contribution in [2.45, 2.75) is 40.2 Å². The molecule has 2 nitrogen and oxygen atoms in total. The molecule has 1 rings (SSSR count). The molecule has 0 amide bonds. The lowest BCUT2D eigenvalue weighted by Gasteiger charge is -2.42. The number of cyclic esters (lactones) is 1. The molecule has 1 saturated heterocycles. The third kappa shape index (κ3) is 1.39. The summed E-state index contributed by atoms with van der Waals surface area (Å²) in [5, 5.41) is 0. The van der Waals surface area contributed by atoms with Crippen LogP contribution in [0.4, 0.5) is 0 Å². The quantitative estimate of drug-likeness (QED) is 0.543. The second kappa shape index (κ2) is 2.50. The van der Waals surface area contributed by atoms with Crippen LogP contribution in [0.15, 0.2) is 0 Å². The summed E-state index contributed by atoms with van der Waals surface area (Å²) < 4.78 is 5.07. The standard InChI is InChI=1S/C9H16O2/c1-5-6-7(9(2,3)4)11-8(6)10/h6-7H,5H2,1-4H3/t6-,7-/m1/s1. The Bertz CT molecular complexity index is 167. The second-order valence-electron chi connectivity index (χ2n) is 4.24. The molecule has 0 N–H and O–H groups in total.